The van der Waals surface area contributed by atoms with Crippen LogP contribution in [0.2, 0.25) is 0 Å². The van der Waals surface area contributed by atoms with Gasteiger partial charge in [0, 0.05) is 24.8 Å². The third kappa shape index (κ3) is 3.83. The van der Waals surface area contributed by atoms with E-state index in [9.17, 15) is 26.0 Å². The molecule has 0 fully saturated rings. The zero-order valence-electron chi connectivity index (χ0n) is 10.8. The Kier molecular flexibility index (Phi) is 4.65. The Bertz CT molecular complexity index is 599. The van der Waals surface area contributed by atoms with Crippen LogP contribution >= 0.6 is 0 Å². The van der Waals surface area contributed by atoms with Crippen LogP contribution in [0.5, 0.6) is 0 Å². The lowest BCUT2D eigenvalue weighted by atomic mass is 10.2. The smallest absolute Gasteiger partial charge is 0.390 e. The Morgan fingerprint density at radius 3 is 2.35 bits per heavy atom. The number of halogens is 4. The van der Waals surface area contributed by atoms with Gasteiger partial charge < -0.3 is 5.73 Å². The molecule has 0 aromatic heterocycles. The third-order valence-electron chi connectivity index (χ3n) is 2.72. The Balaban J connectivity index is 3.11. The van der Waals surface area contributed by atoms with Gasteiger partial charge in [-0.05, 0) is 19.1 Å². The number of nitrogens with zero attached hydrogens (tertiary/aromatic N) is 1. The zero-order chi connectivity index (χ0) is 15.7. The van der Waals surface area contributed by atoms with Crippen molar-refractivity contribution >= 4 is 15.7 Å². The van der Waals surface area contributed by atoms with Crippen molar-refractivity contribution in [1.29, 1.82) is 0 Å². The summed E-state index contributed by atoms with van der Waals surface area (Å²) in [5, 5.41) is 0. The minimum atomic E-state index is -4.47. The van der Waals surface area contributed by atoms with Gasteiger partial charge >= 0.3 is 6.18 Å². The molecular formula is C11H14F4N2O2S. The van der Waals surface area contributed by atoms with E-state index in [-0.39, 0.29) is 11.3 Å². The quantitative estimate of drug-likeness (QED) is 0.685. The lowest BCUT2D eigenvalue weighted by molar-refractivity contribution is -0.135. The molecule has 114 valence electrons. The highest BCUT2D eigenvalue weighted by Crippen LogP contribution is 2.26. The van der Waals surface area contributed by atoms with E-state index in [2.05, 4.69) is 0 Å². The molecule has 20 heavy (non-hydrogen) atoms. The molecule has 0 aliphatic rings. The van der Waals surface area contributed by atoms with Gasteiger partial charge in [0.15, 0.2) is 0 Å². The molecular weight excluding hydrogens is 300 g/mol. The molecule has 0 heterocycles. The van der Waals surface area contributed by atoms with Gasteiger partial charge in [0.2, 0.25) is 10.0 Å². The van der Waals surface area contributed by atoms with Gasteiger partial charge in [-0.25, -0.2) is 17.1 Å². The number of benzene rings is 1. The molecule has 1 aromatic carbocycles. The summed E-state index contributed by atoms with van der Waals surface area (Å²) in [6.07, 6.45) is -5.76. The van der Waals surface area contributed by atoms with E-state index < -0.39 is 39.9 Å². The van der Waals surface area contributed by atoms with E-state index in [1.807, 2.05) is 0 Å². The average molecular weight is 314 g/mol. The fourth-order valence-corrected chi connectivity index (χ4v) is 2.95. The number of alkyl halides is 3. The van der Waals surface area contributed by atoms with E-state index in [0.717, 1.165) is 19.2 Å². The molecule has 1 rings (SSSR count). The van der Waals surface area contributed by atoms with Gasteiger partial charge in [-0.1, -0.05) is 0 Å². The third-order valence-corrected chi connectivity index (χ3v) is 4.70. The zero-order valence-corrected chi connectivity index (χ0v) is 11.6. The Labute approximate surface area is 114 Å². The largest absolute Gasteiger partial charge is 0.399 e. The number of rotatable bonds is 4. The normalized spacial score (nSPS) is 12.9. The first-order chi connectivity index (χ1) is 8.95. The van der Waals surface area contributed by atoms with Crippen molar-refractivity contribution in [3.05, 3.63) is 23.5 Å². The van der Waals surface area contributed by atoms with Crippen molar-refractivity contribution < 1.29 is 26.0 Å². The Morgan fingerprint density at radius 2 is 1.85 bits per heavy atom. The van der Waals surface area contributed by atoms with Gasteiger partial charge in [-0.2, -0.15) is 13.2 Å². The standard InChI is InChI=1S/C11H14F4N2O2S/c1-7-9(12)5-8(16)6-10(7)20(18,19)17(2)4-3-11(13,14)15/h5-6H,3-4,16H2,1-2H3. The van der Waals surface area contributed by atoms with Crippen molar-refractivity contribution in [2.24, 2.45) is 0 Å². The molecule has 0 saturated carbocycles. The molecule has 4 nitrogen and oxygen atoms in total. The minimum absolute atomic E-state index is 0.115. The molecule has 0 aliphatic heterocycles. The van der Waals surface area contributed by atoms with E-state index in [4.69, 9.17) is 5.73 Å². The number of hydrogen-bond acceptors (Lipinski definition) is 3. The summed E-state index contributed by atoms with van der Waals surface area (Å²) >= 11 is 0. The molecule has 0 amide bonds. The van der Waals surface area contributed by atoms with Crippen molar-refractivity contribution in [3.63, 3.8) is 0 Å². The summed E-state index contributed by atoms with van der Waals surface area (Å²) in [6.45, 7) is 0.473. The number of hydrogen-bond donors (Lipinski definition) is 1. The first-order valence-electron chi connectivity index (χ1n) is 5.54. The molecule has 0 atom stereocenters. The van der Waals surface area contributed by atoms with Crippen LogP contribution in [0.15, 0.2) is 17.0 Å². The van der Waals surface area contributed by atoms with Gasteiger partial charge in [0.25, 0.3) is 0 Å². The minimum Gasteiger partial charge on any atom is -0.399 e. The summed E-state index contributed by atoms with van der Waals surface area (Å²) < 4.78 is 74.6. The monoisotopic (exact) mass is 314 g/mol. The number of nitrogens with two attached hydrogens (primary N) is 1. The molecule has 0 radical (unpaired) electrons. The molecule has 0 aliphatic carbocycles. The van der Waals surface area contributed by atoms with E-state index >= 15 is 0 Å². The van der Waals surface area contributed by atoms with Gasteiger partial charge in [0.05, 0.1) is 11.3 Å². The predicted molar refractivity (Wildman–Crippen MR) is 66.0 cm³/mol. The summed E-state index contributed by atoms with van der Waals surface area (Å²) in [5.41, 5.74) is 5.07. The number of anilines is 1. The molecule has 2 N–H and O–H groups in total. The van der Waals surface area contributed by atoms with E-state index in [1.54, 1.807) is 0 Å². The topological polar surface area (TPSA) is 63.4 Å². The lowest BCUT2D eigenvalue weighted by Crippen LogP contribution is -2.31. The molecule has 0 unspecified atom stereocenters. The van der Waals surface area contributed by atoms with Crippen LogP contribution in [0.4, 0.5) is 23.2 Å². The summed E-state index contributed by atoms with van der Waals surface area (Å²) in [4.78, 5) is -0.431. The average Bonchev–Trinajstić information content (AvgIpc) is 2.29. The molecule has 0 bridgehead atoms. The summed E-state index contributed by atoms with van der Waals surface area (Å²) in [5.74, 6) is -0.826. The van der Waals surface area contributed by atoms with Crippen LogP contribution in [0.1, 0.15) is 12.0 Å². The van der Waals surface area contributed by atoms with Crippen LogP contribution < -0.4 is 5.73 Å². The van der Waals surface area contributed by atoms with E-state index in [1.165, 1.54) is 6.92 Å². The van der Waals surface area contributed by atoms with Crippen molar-refractivity contribution in [1.82, 2.24) is 4.31 Å². The maximum atomic E-state index is 13.5. The van der Waals surface area contributed by atoms with Crippen LogP contribution in [0.3, 0.4) is 0 Å². The van der Waals surface area contributed by atoms with Crippen LogP contribution in [0, 0.1) is 12.7 Å². The Morgan fingerprint density at radius 1 is 1.30 bits per heavy atom. The summed E-state index contributed by atoms with van der Waals surface area (Å²) in [7, 11) is -3.22. The van der Waals surface area contributed by atoms with Crippen LogP contribution in [-0.4, -0.2) is 32.5 Å². The van der Waals surface area contributed by atoms with Crippen LogP contribution in [-0.2, 0) is 10.0 Å². The predicted octanol–water partition coefficient (Wildman–Crippen LogP) is 2.29. The Hall–Kier alpha value is -1.35. The second-order valence-corrected chi connectivity index (χ2v) is 6.33. The second-order valence-electron chi connectivity index (χ2n) is 4.32. The number of sulfonamides is 1. The maximum absolute atomic E-state index is 13.5. The molecule has 9 heteroatoms. The highest BCUT2D eigenvalue weighted by atomic mass is 32.2. The maximum Gasteiger partial charge on any atom is 0.390 e. The second kappa shape index (κ2) is 5.57. The van der Waals surface area contributed by atoms with Gasteiger partial charge in [-0.3, -0.25) is 0 Å². The lowest BCUT2D eigenvalue weighted by Gasteiger charge is -2.19. The molecule has 0 spiro atoms. The first-order valence-corrected chi connectivity index (χ1v) is 6.98. The van der Waals surface area contributed by atoms with Crippen LogP contribution in [0.25, 0.3) is 0 Å². The SMILES string of the molecule is Cc1c(F)cc(N)cc1S(=O)(=O)N(C)CCC(F)(F)F. The van der Waals surface area contributed by atoms with Gasteiger partial charge in [-0.15, -0.1) is 0 Å². The highest BCUT2D eigenvalue weighted by Gasteiger charge is 2.31. The fraction of sp³-hybridized carbons (Fsp3) is 0.455. The summed E-state index contributed by atoms with van der Waals surface area (Å²) in [6, 6.07) is 1.97. The number of nitrogen functional groups attached to an aromatic ring is 1. The van der Waals surface area contributed by atoms with Gasteiger partial charge in [0.1, 0.15) is 5.82 Å². The van der Waals surface area contributed by atoms with Crippen molar-refractivity contribution in [2.45, 2.75) is 24.4 Å². The molecule has 0 saturated heterocycles. The van der Waals surface area contributed by atoms with Crippen molar-refractivity contribution in [2.75, 3.05) is 19.3 Å². The van der Waals surface area contributed by atoms with Crippen molar-refractivity contribution in [3.8, 4) is 0 Å². The fourth-order valence-electron chi connectivity index (χ4n) is 1.51. The highest BCUT2D eigenvalue weighted by molar-refractivity contribution is 7.89. The molecule has 1 aromatic rings. The van der Waals surface area contributed by atoms with E-state index in [0.29, 0.717) is 4.31 Å². The first kappa shape index (κ1) is 16.7.